The highest BCUT2D eigenvalue weighted by Gasteiger charge is 2.44. The van der Waals surface area contributed by atoms with Crippen LogP contribution in [0.3, 0.4) is 0 Å². The van der Waals surface area contributed by atoms with Gasteiger partial charge in [0.05, 0.1) is 48.8 Å². The van der Waals surface area contributed by atoms with Crippen LogP contribution in [0.25, 0.3) is 22.3 Å². The zero-order valence-electron chi connectivity index (χ0n) is 42.2. The van der Waals surface area contributed by atoms with Crippen molar-refractivity contribution in [3.63, 3.8) is 0 Å². The van der Waals surface area contributed by atoms with Crippen molar-refractivity contribution in [1.29, 1.82) is 0 Å². The van der Waals surface area contributed by atoms with E-state index in [0.717, 1.165) is 49.9 Å². The molecule has 4 fully saturated rings. The minimum Gasteiger partial charge on any atom is -0.388 e. The number of anilines is 4. The fourth-order valence-corrected chi connectivity index (χ4v) is 11.1. The fraction of sp³-hybridized carbons (Fsp3) is 0.604. The zero-order chi connectivity index (χ0) is 52.2. The van der Waals surface area contributed by atoms with E-state index in [1.165, 1.54) is 0 Å². The van der Waals surface area contributed by atoms with Crippen molar-refractivity contribution >= 4 is 63.7 Å². The van der Waals surface area contributed by atoms with E-state index in [1.54, 1.807) is 29.9 Å². The predicted octanol–water partition coefficient (Wildman–Crippen LogP) is 0.0972. The number of urea groups is 1. The Kier molecular flexibility index (Phi) is 15.5. The van der Waals surface area contributed by atoms with E-state index in [9.17, 15) is 34.8 Å². The largest absolute Gasteiger partial charge is 0.388 e. The molecule has 6 atom stereocenters. The topological polar surface area (TPSA) is 342 Å². The fourth-order valence-electron chi connectivity index (χ4n) is 11.1. The van der Waals surface area contributed by atoms with Gasteiger partial charge in [0.25, 0.3) is 0 Å². The minimum absolute atomic E-state index is 0.00946. The van der Waals surface area contributed by atoms with Crippen LogP contribution in [0.1, 0.15) is 87.7 Å². The van der Waals surface area contributed by atoms with Gasteiger partial charge in [-0.25, -0.2) is 24.7 Å². The van der Waals surface area contributed by atoms with Gasteiger partial charge < -0.3 is 80.8 Å². The van der Waals surface area contributed by atoms with Crippen LogP contribution in [0.5, 0.6) is 0 Å². The van der Waals surface area contributed by atoms with Gasteiger partial charge in [0, 0.05) is 95.7 Å². The molecule has 0 aromatic carbocycles. The highest BCUT2D eigenvalue weighted by atomic mass is 16.3. The monoisotopic (exact) mass is 1040 g/mol. The maximum absolute atomic E-state index is 13.8. The summed E-state index contributed by atoms with van der Waals surface area (Å²) >= 11 is 0. The Hall–Kier alpha value is -7.23. The zero-order valence-corrected chi connectivity index (χ0v) is 42.2. The molecule has 4 aliphatic rings. The average Bonchev–Trinajstić information content (AvgIpc) is 4.30. The second-order valence-corrected chi connectivity index (χ2v) is 20.4. The average molecular weight is 1040 g/mol. The van der Waals surface area contributed by atoms with Gasteiger partial charge in [0.2, 0.25) is 23.7 Å². The van der Waals surface area contributed by atoms with E-state index in [0.29, 0.717) is 104 Å². The maximum Gasteiger partial charge on any atom is 0.317 e. The number of aryl methyl sites for hydroxylation is 2. The standard InChI is InChI=1S/C48H68N20O7/c1-64-19-31(51-23-64)9-13-49-46-60-42(38-44(62-46)67(25-53-38)33-8-7-30(17-33)55-36(71)21-69)56-27-3-5-28(6-4-27)58-48(75)66-15-11-29(12-16-66)57-43-39-45(63-47(61-43)50-14-10-32-20-65(2)24-52-32)68(26-54-39)35-18-34(40(73)41(35)74)59-37(72)22-70/h19-20,23-30,33-35,40-41,69-70,73-74H,3-18,21-22H2,1-2H3,(H,55,71)(H,58,75)(H,59,72)(H2,49,56,60,62)(H2,50,57,61,63)/t27-,28-,30-,33+,34+,35-,40-,41+/m1/s1. The Labute approximate surface area is 431 Å². The number of piperidine rings is 1. The lowest BCUT2D eigenvalue weighted by molar-refractivity contribution is -0.125. The van der Waals surface area contributed by atoms with Crippen LogP contribution in [-0.2, 0) is 36.5 Å². The molecule has 10 rings (SSSR count). The number of amides is 4. The van der Waals surface area contributed by atoms with Crippen LogP contribution >= 0.6 is 0 Å². The number of carbonyl (C=O) groups is 3. The van der Waals surface area contributed by atoms with Crippen molar-refractivity contribution < 1.29 is 34.8 Å². The van der Waals surface area contributed by atoms with Crippen molar-refractivity contribution in [2.24, 2.45) is 14.1 Å². The molecule has 1 saturated heterocycles. The van der Waals surface area contributed by atoms with Gasteiger partial charge in [-0.1, -0.05) is 0 Å². The number of nitrogens with zero attached hydrogens (tertiary/aromatic N) is 13. The summed E-state index contributed by atoms with van der Waals surface area (Å²) in [5.41, 5.74) is 4.13. The first-order valence-corrected chi connectivity index (χ1v) is 26.0. The molecule has 4 amide bonds. The predicted molar refractivity (Wildman–Crippen MR) is 274 cm³/mol. The Morgan fingerprint density at radius 3 is 1.69 bits per heavy atom. The Morgan fingerprint density at radius 2 is 1.12 bits per heavy atom. The molecular formula is C48H68N20O7. The highest BCUT2D eigenvalue weighted by molar-refractivity contribution is 5.86. The van der Waals surface area contributed by atoms with Crippen LogP contribution < -0.4 is 37.2 Å². The summed E-state index contributed by atoms with van der Waals surface area (Å²) < 4.78 is 7.57. The first-order chi connectivity index (χ1) is 36.4. The van der Waals surface area contributed by atoms with Crippen LogP contribution in [0, 0.1) is 0 Å². The van der Waals surface area contributed by atoms with Crippen molar-refractivity contribution in [1.82, 2.24) is 79.0 Å². The lowest BCUT2D eigenvalue weighted by atomic mass is 9.91. The molecule has 0 unspecified atom stereocenters. The SMILES string of the molecule is Cn1cnc(CCNc2nc(N[C@H]3CC[C@H](NC(=O)N4CCC(Nc5nc(NCCc6cn(C)cn6)nc6c5ncn6[C@@H]5C[C@H](NC(=O)CO)[C@@H](O)[C@H]5O)CC4)CC3)c3ncn([C@H]4CC[C@@H](NC(=O)CO)C4)c3n2)c1. The highest BCUT2D eigenvalue weighted by Crippen LogP contribution is 2.36. The second-order valence-electron chi connectivity index (χ2n) is 20.4. The van der Waals surface area contributed by atoms with E-state index in [2.05, 4.69) is 56.7 Å². The van der Waals surface area contributed by atoms with Gasteiger partial charge in [-0.2, -0.15) is 19.9 Å². The van der Waals surface area contributed by atoms with Crippen molar-refractivity contribution in [3.05, 3.63) is 49.1 Å². The molecule has 3 saturated carbocycles. The number of imidazole rings is 4. The lowest BCUT2D eigenvalue weighted by Gasteiger charge is -2.35. The molecule has 0 spiro atoms. The first-order valence-electron chi connectivity index (χ1n) is 26.0. The van der Waals surface area contributed by atoms with Crippen LogP contribution in [0.15, 0.2) is 37.7 Å². The van der Waals surface area contributed by atoms with E-state index in [1.807, 2.05) is 40.5 Å². The molecule has 0 radical (unpaired) electrons. The Morgan fingerprint density at radius 1 is 0.587 bits per heavy atom. The van der Waals surface area contributed by atoms with Gasteiger partial charge in [0.1, 0.15) is 25.4 Å². The van der Waals surface area contributed by atoms with Crippen LogP contribution in [-0.4, -0.2) is 183 Å². The summed E-state index contributed by atoms with van der Waals surface area (Å²) in [5.74, 6) is 0.912. The molecule has 402 valence electrons. The lowest BCUT2D eigenvalue weighted by Crippen LogP contribution is -2.50. The number of carbonyl (C=O) groups excluding carboxylic acids is 3. The molecule has 3 aliphatic carbocycles. The summed E-state index contributed by atoms with van der Waals surface area (Å²) in [6.45, 7) is 0.848. The van der Waals surface area contributed by atoms with Crippen LogP contribution in [0.4, 0.5) is 28.3 Å². The van der Waals surface area contributed by atoms with Crippen molar-refractivity contribution in [3.8, 4) is 0 Å². The van der Waals surface area contributed by atoms with Gasteiger partial charge in [0.15, 0.2) is 34.0 Å². The molecule has 6 aromatic heterocycles. The number of hydrogen-bond acceptors (Lipinski definition) is 19. The summed E-state index contributed by atoms with van der Waals surface area (Å²) in [4.78, 5) is 77.4. The summed E-state index contributed by atoms with van der Waals surface area (Å²) in [5, 5.41) is 63.3. The smallest absolute Gasteiger partial charge is 0.317 e. The molecule has 7 heterocycles. The third-order valence-electron chi connectivity index (χ3n) is 15.0. The molecule has 27 heteroatoms. The molecule has 75 heavy (non-hydrogen) atoms. The molecule has 27 nitrogen and oxygen atoms in total. The number of aliphatic hydroxyl groups is 4. The van der Waals surface area contributed by atoms with E-state index < -0.39 is 43.4 Å². The van der Waals surface area contributed by atoms with Gasteiger partial charge in [-0.05, 0) is 64.2 Å². The van der Waals surface area contributed by atoms with Gasteiger partial charge >= 0.3 is 6.03 Å². The van der Waals surface area contributed by atoms with E-state index >= 15 is 0 Å². The number of aromatic nitrogens is 12. The number of likely N-dealkylation sites (tertiary alicyclic amines) is 1. The number of aliphatic hydroxyl groups excluding tert-OH is 4. The Bertz CT molecular complexity index is 2940. The first kappa shape index (κ1) is 51.3. The van der Waals surface area contributed by atoms with E-state index in [-0.39, 0.29) is 48.6 Å². The van der Waals surface area contributed by atoms with Crippen molar-refractivity contribution in [2.45, 2.75) is 132 Å². The summed E-state index contributed by atoms with van der Waals surface area (Å²) in [6.07, 6.45) is 16.6. The minimum atomic E-state index is -1.27. The quantitative estimate of drug-likeness (QED) is 0.0512. The summed E-state index contributed by atoms with van der Waals surface area (Å²) in [7, 11) is 3.85. The molecule has 1 aliphatic heterocycles. The van der Waals surface area contributed by atoms with Gasteiger partial charge in [-0.3, -0.25) is 9.59 Å². The summed E-state index contributed by atoms with van der Waals surface area (Å²) in [6, 6.07) is -1.46. The second kappa shape index (κ2) is 22.7. The third kappa shape index (κ3) is 11.8. The number of nitrogens with one attached hydrogen (secondary N) is 7. The third-order valence-corrected chi connectivity index (χ3v) is 15.0. The molecule has 0 bridgehead atoms. The van der Waals surface area contributed by atoms with Crippen LogP contribution in [0.2, 0.25) is 0 Å². The molecular weight excluding hydrogens is 969 g/mol. The molecule has 6 aromatic rings. The number of rotatable bonds is 19. The van der Waals surface area contributed by atoms with Crippen molar-refractivity contribution in [2.75, 3.05) is 60.7 Å². The number of hydrogen-bond donors (Lipinski definition) is 11. The normalized spacial score (nSPS) is 24.2. The molecule has 11 N–H and O–H groups in total. The number of fused-ring (bicyclic) bond motifs is 2. The van der Waals surface area contributed by atoms with E-state index in [4.69, 9.17) is 24.9 Å². The maximum atomic E-state index is 13.8. The van der Waals surface area contributed by atoms with Gasteiger partial charge in [-0.15, -0.1) is 0 Å². The Balaban J connectivity index is 0.751.